The molecule has 0 aromatic carbocycles. The molecule has 3 nitrogen and oxygen atoms in total. The van der Waals surface area contributed by atoms with Gasteiger partial charge in [-0.2, -0.15) is 0 Å². The van der Waals surface area contributed by atoms with Gasteiger partial charge in [-0.1, -0.05) is 26.2 Å². The fourth-order valence-corrected chi connectivity index (χ4v) is 3.24. The summed E-state index contributed by atoms with van der Waals surface area (Å²) in [6.45, 7) is 5.51. The van der Waals surface area contributed by atoms with Crippen LogP contribution in [0, 0.1) is 11.3 Å². The molecule has 0 radical (unpaired) electrons. The van der Waals surface area contributed by atoms with Gasteiger partial charge in [-0.3, -0.25) is 10.3 Å². The highest BCUT2D eigenvalue weighted by atomic mass is 15.3. The van der Waals surface area contributed by atoms with Gasteiger partial charge in [0.2, 0.25) is 0 Å². The summed E-state index contributed by atoms with van der Waals surface area (Å²) >= 11 is 0. The predicted octanol–water partition coefficient (Wildman–Crippen LogP) is 2.57. The smallest absolute Gasteiger partial charge is 0.0990 e. The number of hydrogen-bond donors (Lipinski definition) is 1. The van der Waals surface area contributed by atoms with Crippen LogP contribution in [-0.4, -0.2) is 48.4 Å². The molecule has 0 spiro atoms. The first-order valence-electron chi connectivity index (χ1n) is 7.26. The average molecular weight is 237 g/mol. The lowest BCUT2D eigenvalue weighted by atomic mass is 9.87. The van der Waals surface area contributed by atoms with E-state index in [0.717, 1.165) is 25.5 Å². The Morgan fingerprint density at radius 3 is 2.53 bits per heavy atom. The van der Waals surface area contributed by atoms with Gasteiger partial charge in [0.15, 0.2) is 0 Å². The van der Waals surface area contributed by atoms with Crippen molar-refractivity contribution in [3.63, 3.8) is 0 Å². The van der Waals surface area contributed by atoms with E-state index in [1.165, 1.54) is 38.5 Å². The molecule has 2 fully saturated rings. The van der Waals surface area contributed by atoms with Crippen LogP contribution in [0.1, 0.15) is 45.4 Å². The molecule has 0 bridgehead atoms. The Kier molecular flexibility index (Phi) is 4.43. The Balaban J connectivity index is 1.90. The molecule has 98 valence electrons. The highest BCUT2D eigenvalue weighted by Gasteiger charge is 2.28. The van der Waals surface area contributed by atoms with Crippen molar-refractivity contribution in [2.75, 3.05) is 26.7 Å². The van der Waals surface area contributed by atoms with Crippen molar-refractivity contribution < 1.29 is 0 Å². The minimum Gasteiger partial charge on any atom is -0.357 e. The molecular weight excluding hydrogens is 210 g/mol. The topological polar surface area (TPSA) is 30.3 Å². The predicted molar refractivity (Wildman–Crippen MR) is 72.6 cm³/mol. The lowest BCUT2D eigenvalue weighted by molar-refractivity contribution is 0.132. The number of nitrogens with one attached hydrogen (secondary N) is 1. The maximum absolute atomic E-state index is 8.42. The minimum atomic E-state index is 0.560. The lowest BCUT2D eigenvalue weighted by Gasteiger charge is -2.42. The van der Waals surface area contributed by atoms with E-state index in [4.69, 9.17) is 5.41 Å². The molecule has 0 aromatic rings. The summed E-state index contributed by atoms with van der Waals surface area (Å²) in [6, 6.07) is 0.646. The van der Waals surface area contributed by atoms with Gasteiger partial charge in [-0.25, -0.2) is 0 Å². The SMILES string of the molecule is CCC1CN(C(=N)C2CCCCC2)CCN1C. The molecule has 1 aliphatic carbocycles. The third kappa shape index (κ3) is 3.01. The summed E-state index contributed by atoms with van der Waals surface area (Å²) in [5.41, 5.74) is 0. The van der Waals surface area contributed by atoms with Crippen LogP contribution in [0.25, 0.3) is 0 Å². The van der Waals surface area contributed by atoms with E-state index in [-0.39, 0.29) is 0 Å². The zero-order valence-electron chi connectivity index (χ0n) is 11.4. The van der Waals surface area contributed by atoms with Gasteiger partial charge in [-0.15, -0.1) is 0 Å². The maximum Gasteiger partial charge on any atom is 0.0990 e. The molecule has 2 aliphatic rings. The van der Waals surface area contributed by atoms with Crippen LogP contribution in [0.4, 0.5) is 0 Å². The van der Waals surface area contributed by atoms with Gasteiger partial charge in [-0.05, 0) is 26.3 Å². The van der Waals surface area contributed by atoms with Crippen molar-refractivity contribution in [1.82, 2.24) is 9.80 Å². The second kappa shape index (κ2) is 5.85. The Morgan fingerprint density at radius 2 is 1.88 bits per heavy atom. The molecule has 1 N–H and O–H groups in total. The van der Waals surface area contributed by atoms with Crippen molar-refractivity contribution in [2.45, 2.75) is 51.5 Å². The summed E-state index contributed by atoms with van der Waals surface area (Å²) in [7, 11) is 2.22. The van der Waals surface area contributed by atoms with Gasteiger partial charge in [0.25, 0.3) is 0 Å². The highest BCUT2D eigenvalue weighted by molar-refractivity contribution is 5.81. The summed E-state index contributed by atoms with van der Waals surface area (Å²) in [5.74, 6) is 1.50. The van der Waals surface area contributed by atoms with Crippen LogP contribution >= 0.6 is 0 Å². The van der Waals surface area contributed by atoms with Crippen molar-refractivity contribution in [2.24, 2.45) is 5.92 Å². The minimum absolute atomic E-state index is 0.560. The monoisotopic (exact) mass is 237 g/mol. The molecule has 1 aliphatic heterocycles. The van der Waals surface area contributed by atoms with E-state index >= 15 is 0 Å². The lowest BCUT2D eigenvalue weighted by Crippen LogP contribution is -2.54. The summed E-state index contributed by atoms with van der Waals surface area (Å²) in [4.78, 5) is 4.80. The molecule has 1 saturated carbocycles. The molecule has 17 heavy (non-hydrogen) atoms. The van der Waals surface area contributed by atoms with E-state index in [1.807, 2.05) is 0 Å². The molecule has 0 aromatic heterocycles. The van der Waals surface area contributed by atoms with Gasteiger partial charge in [0.05, 0.1) is 5.84 Å². The quantitative estimate of drug-likeness (QED) is 0.591. The Bertz CT molecular complexity index is 258. The normalized spacial score (nSPS) is 28.4. The number of nitrogens with zero attached hydrogens (tertiary/aromatic N) is 2. The van der Waals surface area contributed by atoms with E-state index in [1.54, 1.807) is 0 Å². The van der Waals surface area contributed by atoms with E-state index in [0.29, 0.717) is 12.0 Å². The number of hydrogen-bond acceptors (Lipinski definition) is 2. The Labute approximate surface area is 106 Å². The Hall–Kier alpha value is -0.570. The summed E-state index contributed by atoms with van der Waals surface area (Å²) in [6.07, 6.45) is 7.75. The molecule has 1 heterocycles. The first-order chi connectivity index (χ1) is 8.22. The zero-order chi connectivity index (χ0) is 12.3. The number of piperazine rings is 1. The third-order valence-corrected chi connectivity index (χ3v) is 4.58. The fourth-order valence-electron chi connectivity index (χ4n) is 3.24. The summed E-state index contributed by atoms with van der Waals surface area (Å²) in [5, 5.41) is 8.42. The Morgan fingerprint density at radius 1 is 1.18 bits per heavy atom. The zero-order valence-corrected chi connectivity index (χ0v) is 11.4. The van der Waals surface area contributed by atoms with E-state index in [2.05, 4.69) is 23.8 Å². The van der Waals surface area contributed by atoms with E-state index in [9.17, 15) is 0 Å². The first-order valence-corrected chi connectivity index (χ1v) is 7.26. The largest absolute Gasteiger partial charge is 0.357 e. The molecule has 3 heteroatoms. The van der Waals surface area contributed by atoms with Crippen molar-refractivity contribution in [3.05, 3.63) is 0 Å². The van der Waals surface area contributed by atoms with Crippen molar-refractivity contribution in [3.8, 4) is 0 Å². The second-order valence-electron chi connectivity index (χ2n) is 5.71. The van der Waals surface area contributed by atoms with Crippen LogP contribution < -0.4 is 0 Å². The van der Waals surface area contributed by atoms with Crippen molar-refractivity contribution in [1.29, 1.82) is 5.41 Å². The molecule has 2 rings (SSSR count). The van der Waals surface area contributed by atoms with E-state index < -0.39 is 0 Å². The van der Waals surface area contributed by atoms with Crippen LogP contribution in [0.5, 0.6) is 0 Å². The molecule has 0 amide bonds. The molecule has 1 saturated heterocycles. The molecule has 1 atom stereocenters. The second-order valence-corrected chi connectivity index (χ2v) is 5.71. The fraction of sp³-hybridized carbons (Fsp3) is 0.929. The van der Waals surface area contributed by atoms with Gasteiger partial charge in [0.1, 0.15) is 0 Å². The first kappa shape index (κ1) is 12.9. The third-order valence-electron chi connectivity index (χ3n) is 4.58. The van der Waals surface area contributed by atoms with Crippen molar-refractivity contribution >= 4 is 5.84 Å². The standard InChI is InChI=1S/C14H27N3/c1-3-13-11-17(10-9-16(13)2)14(15)12-7-5-4-6-8-12/h12-13,15H,3-11H2,1-2H3. The highest BCUT2D eigenvalue weighted by Crippen LogP contribution is 2.26. The average Bonchev–Trinajstić information content (AvgIpc) is 2.39. The number of rotatable bonds is 2. The summed E-state index contributed by atoms with van der Waals surface area (Å²) < 4.78 is 0. The van der Waals surface area contributed by atoms with Crippen LogP contribution in [0.2, 0.25) is 0 Å². The van der Waals surface area contributed by atoms with Gasteiger partial charge < -0.3 is 4.90 Å². The maximum atomic E-state index is 8.42. The molecule has 1 unspecified atom stereocenters. The van der Waals surface area contributed by atoms with Crippen LogP contribution in [0.3, 0.4) is 0 Å². The number of likely N-dealkylation sites (N-methyl/N-ethyl adjacent to an activating group) is 1. The van der Waals surface area contributed by atoms with Gasteiger partial charge in [0, 0.05) is 31.6 Å². The molecular formula is C14H27N3. The van der Waals surface area contributed by atoms with Crippen LogP contribution in [0.15, 0.2) is 0 Å². The number of amidine groups is 1. The van der Waals surface area contributed by atoms with Gasteiger partial charge >= 0.3 is 0 Å². The van der Waals surface area contributed by atoms with Crippen LogP contribution in [-0.2, 0) is 0 Å².